The molecule has 5 nitrogen and oxygen atoms in total. The van der Waals surface area contributed by atoms with Gasteiger partial charge in [0.05, 0.1) is 4.90 Å². The molecular formula is C23H29BrN2O3S. The molecule has 0 saturated carbocycles. The van der Waals surface area contributed by atoms with Crippen molar-refractivity contribution in [3.05, 3.63) is 63.1 Å². The molecule has 2 aromatic rings. The molecule has 7 heteroatoms. The van der Waals surface area contributed by atoms with E-state index in [0.717, 1.165) is 26.7 Å². The van der Waals surface area contributed by atoms with Gasteiger partial charge in [-0.2, -0.15) is 4.31 Å². The van der Waals surface area contributed by atoms with Gasteiger partial charge in [0.15, 0.2) is 0 Å². The second-order valence-corrected chi connectivity index (χ2v) is 10.9. The normalized spacial score (nSPS) is 15.9. The fraction of sp³-hybridized carbons (Fsp3) is 0.435. The lowest BCUT2D eigenvalue weighted by atomic mass is 9.96. The number of hydrogen-bond donors (Lipinski definition) is 0. The molecule has 1 heterocycles. The monoisotopic (exact) mass is 492 g/mol. The molecule has 3 rings (SSSR count). The maximum absolute atomic E-state index is 13.3. The summed E-state index contributed by atoms with van der Waals surface area (Å²) in [6, 6.07) is 11.7. The van der Waals surface area contributed by atoms with Crippen LogP contribution in [0.3, 0.4) is 0 Å². The van der Waals surface area contributed by atoms with E-state index in [1.807, 2.05) is 64.2 Å². The average molecular weight is 493 g/mol. The first kappa shape index (κ1) is 23.0. The molecule has 1 aliphatic heterocycles. The highest BCUT2D eigenvalue weighted by Gasteiger charge is 2.34. The van der Waals surface area contributed by atoms with Crippen LogP contribution in [0.2, 0.25) is 0 Å². The molecule has 2 aromatic carbocycles. The first-order valence-corrected chi connectivity index (χ1v) is 12.4. The summed E-state index contributed by atoms with van der Waals surface area (Å²) in [7, 11) is -1.75. The SMILES string of the molecule is Cc1cc(C)c(S(=O)(=O)N2CCC(C(=O)N(C)Cc3ccccc3Br)CC2)c(C)c1. The van der Waals surface area contributed by atoms with Gasteiger partial charge in [-0.25, -0.2) is 8.42 Å². The molecular weight excluding hydrogens is 464 g/mol. The minimum Gasteiger partial charge on any atom is -0.341 e. The second kappa shape index (κ2) is 9.20. The van der Waals surface area contributed by atoms with E-state index in [2.05, 4.69) is 15.9 Å². The number of aryl methyl sites for hydroxylation is 3. The van der Waals surface area contributed by atoms with Gasteiger partial charge < -0.3 is 4.90 Å². The number of amides is 1. The number of carbonyl (C=O) groups is 1. The van der Waals surface area contributed by atoms with Crippen molar-refractivity contribution in [2.75, 3.05) is 20.1 Å². The number of sulfonamides is 1. The molecule has 0 bridgehead atoms. The molecule has 0 radical (unpaired) electrons. The fourth-order valence-corrected chi connectivity index (χ4v) is 6.61. The third-order valence-electron chi connectivity index (χ3n) is 5.75. The van der Waals surface area contributed by atoms with Crippen LogP contribution in [0.5, 0.6) is 0 Å². The van der Waals surface area contributed by atoms with Crippen molar-refractivity contribution in [1.29, 1.82) is 0 Å². The van der Waals surface area contributed by atoms with Gasteiger partial charge in [0, 0.05) is 37.1 Å². The van der Waals surface area contributed by atoms with Crippen molar-refractivity contribution in [2.24, 2.45) is 5.92 Å². The fourth-order valence-electron chi connectivity index (χ4n) is 4.32. The highest BCUT2D eigenvalue weighted by molar-refractivity contribution is 9.10. The lowest BCUT2D eigenvalue weighted by molar-refractivity contribution is -0.135. The predicted molar refractivity (Wildman–Crippen MR) is 123 cm³/mol. The summed E-state index contributed by atoms with van der Waals surface area (Å²) in [5.41, 5.74) is 3.66. The van der Waals surface area contributed by atoms with Gasteiger partial charge in [0.2, 0.25) is 15.9 Å². The van der Waals surface area contributed by atoms with E-state index < -0.39 is 10.0 Å². The number of piperidine rings is 1. The van der Waals surface area contributed by atoms with Crippen LogP contribution in [-0.4, -0.2) is 43.7 Å². The van der Waals surface area contributed by atoms with Crippen molar-refractivity contribution in [2.45, 2.75) is 45.1 Å². The van der Waals surface area contributed by atoms with E-state index >= 15 is 0 Å². The third-order valence-corrected chi connectivity index (χ3v) is 8.73. The summed E-state index contributed by atoms with van der Waals surface area (Å²) in [6.07, 6.45) is 1.09. The Bertz CT molecular complexity index is 1020. The highest BCUT2D eigenvalue weighted by atomic mass is 79.9. The zero-order valence-corrected chi connectivity index (χ0v) is 20.4. The number of hydrogen-bond acceptors (Lipinski definition) is 3. The standard InChI is InChI=1S/C23H29BrN2O3S/c1-16-13-17(2)22(18(3)14-16)30(28,29)26-11-9-19(10-12-26)23(27)25(4)15-20-7-5-6-8-21(20)24/h5-8,13-14,19H,9-12,15H2,1-4H3. The van der Waals surface area contributed by atoms with Crippen LogP contribution >= 0.6 is 15.9 Å². The Kier molecular flexibility index (Phi) is 7.05. The van der Waals surface area contributed by atoms with Crippen molar-refractivity contribution in [3.8, 4) is 0 Å². The van der Waals surface area contributed by atoms with Crippen LogP contribution in [0.25, 0.3) is 0 Å². The minimum atomic E-state index is -3.56. The molecule has 30 heavy (non-hydrogen) atoms. The first-order valence-electron chi connectivity index (χ1n) is 10.2. The van der Waals surface area contributed by atoms with Crippen LogP contribution in [0.4, 0.5) is 0 Å². The van der Waals surface area contributed by atoms with Gasteiger partial charge in [-0.15, -0.1) is 0 Å². The molecule has 0 aliphatic carbocycles. The summed E-state index contributed by atoms with van der Waals surface area (Å²) in [6.45, 7) is 6.93. The Balaban J connectivity index is 1.67. The molecule has 1 amide bonds. The summed E-state index contributed by atoms with van der Waals surface area (Å²) >= 11 is 3.53. The van der Waals surface area contributed by atoms with Crippen molar-refractivity contribution in [3.63, 3.8) is 0 Å². The number of rotatable bonds is 5. The molecule has 0 unspecified atom stereocenters. The van der Waals surface area contributed by atoms with Gasteiger partial charge in [-0.05, 0) is 56.4 Å². The molecule has 0 aromatic heterocycles. The van der Waals surface area contributed by atoms with Crippen LogP contribution in [-0.2, 0) is 21.4 Å². The number of nitrogens with zero attached hydrogens (tertiary/aromatic N) is 2. The summed E-state index contributed by atoms with van der Waals surface area (Å²) in [4.78, 5) is 15.1. The zero-order valence-electron chi connectivity index (χ0n) is 18.0. The van der Waals surface area contributed by atoms with E-state index in [-0.39, 0.29) is 11.8 Å². The molecule has 162 valence electrons. The zero-order chi connectivity index (χ0) is 22.1. The quantitative estimate of drug-likeness (QED) is 0.619. The Hall–Kier alpha value is -1.70. The molecule has 0 atom stereocenters. The van der Waals surface area contributed by atoms with E-state index in [9.17, 15) is 13.2 Å². The van der Waals surface area contributed by atoms with Gasteiger partial charge >= 0.3 is 0 Å². The van der Waals surface area contributed by atoms with E-state index in [1.165, 1.54) is 4.31 Å². The number of carbonyl (C=O) groups excluding carboxylic acids is 1. The van der Waals surface area contributed by atoms with E-state index in [1.54, 1.807) is 4.90 Å². The largest absolute Gasteiger partial charge is 0.341 e. The van der Waals surface area contributed by atoms with E-state index in [0.29, 0.717) is 37.4 Å². The maximum atomic E-state index is 13.3. The molecule has 0 spiro atoms. The molecule has 1 aliphatic rings. The van der Waals surface area contributed by atoms with Gasteiger partial charge in [-0.1, -0.05) is 51.8 Å². The van der Waals surface area contributed by atoms with Crippen LogP contribution in [0.15, 0.2) is 45.8 Å². The average Bonchev–Trinajstić information content (AvgIpc) is 2.68. The molecule has 0 N–H and O–H groups in total. The second-order valence-electron chi connectivity index (χ2n) is 8.19. The number of halogens is 1. The Morgan fingerprint density at radius 1 is 1.10 bits per heavy atom. The first-order chi connectivity index (χ1) is 14.1. The summed E-state index contributed by atoms with van der Waals surface area (Å²) in [5, 5.41) is 0. The van der Waals surface area contributed by atoms with Crippen LogP contribution in [0.1, 0.15) is 35.1 Å². The van der Waals surface area contributed by atoms with Gasteiger partial charge in [0.1, 0.15) is 0 Å². The lowest BCUT2D eigenvalue weighted by Gasteiger charge is -2.33. The predicted octanol–water partition coefficient (Wildman–Crippen LogP) is 4.43. The maximum Gasteiger partial charge on any atom is 0.243 e. The van der Waals surface area contributed by atoms with Gasteiger partial charge in [-0.3, -0.25) is 4.79 Å². The smallest absolute Gasteiger partial charge is 0.243 e. The Morgan fingerprint density at radius 2 is 1.67 bits per heavy atom. The number of benzene rings is 2. The Labute approximate surface area is 188 Å². The molecule has 1 saturated heterocycles. The topological polar surface area (TPSA) is 57.7 Å². The van der Waals surface area contributed by atoms with Crippen molar-refractivity contribution < 1.29 is 13.2 Å². The van der Waals surface area contributed by atoms with Crippen molar-refractivity contribution >= 4 is 31.9 Å². The van der Waals surface area contributed by atoms with Crippen molar-refractivity contribution in [1.82, 2.24) is 9.21 Å². The highest BCUT2D eigenvalue weighted by Crippen LogP contribution is 2.29. The van der Waals surface area contributed by atoms with E-state index in [4.69, 9.17) is 0 Å². The summed E-state index contributed by atoms with van der Waals surface area (Å²) in [5.74, 6) is -0.0744. The lowest BCUT2D eigenvalue weighted by Crippen LogP contribution is -2.43. The minimum absolute atomic E-state index is 0.0745. The summed E-state index contributed by atoms with van der Waals surface area (Å²) < 4.78 is 29.0. The molecule has 1 fully saturated rings. The third kappa shape index (κ3) is 4.79. The van der Waals surface area contributed by atoms with Crippen LogP contribution in [0, 0.1) is 26.7 Å². The Morgan fingerprint density at radius 3 is 2.23 bits per heavy atom. The van der Waals surface area contributed by atoms with Gasteiger partial charge in [0.25, 0.3) is 0 Å². The van der Waals surface area contributed by atoms with Crippen LogP contribution < -0.4 is 0 Å².